The summed E-state index contributed by atoms with van der Waals surface area (Å²) in [4.78, 5) is 12.1. The molecule has 1 rings (SSSR count). The van der Waals surface area contributed by atoms with E-state index in [1.54, 1.807) is 0 Å². The number of aryl methyl sites for hydroxylation is 1. The molecule has 17 heavy (non-hydrogen) atoms. The molecule has 0 saturated heterocycles. The Kier molecular flexibility index (Phi) is 3.91. The van der Waals surface area contributed by atoms with E-state index in [9.17, 15) is 4.79 Å². The molecular weight excluding hydrogens is 212 g/mol. The van der Waals surface area contributed by atoms with Crippen LogP contribution in [0, 0.1) is 6.92 Å². The Morgan fingerprint density at radius 3 is 2.41 bits per heavy atom. The maximum absolute atomic E-state index is 12.1. The van der Waals surface area contributed by atoms with E-state index < -0.39 is 0 Å². The number of rotatable bonds is 2. The zero-order chi connectivity index (χ0) is 13.2. The van der Waals surface area contributed by atoms with Gasteiger partial charge in [0.05, 0.1) is 0 Å². The van der Waals surface area contributed by atoms with Crippen LogP contribution in [0.5, 0.6) is 0 Å². The summed E-state index contributed by atoms with van der Waals surface area (Å²) in [6.45, 7) is 12.1. The average molecular weight is 235 g/mol. The third kappa shape index (κ3) is 3.84. The monoisotopic (exact) mass is 235 g/mol. The Labute approximate surface area is 104 Å². The molecule has 0 atom stereocenters. The number of carbonyl (C=O) groups is 1. The second-order valence-corrected chi connectivity index (χ2v) is 5.79. The van der Waals surface area contributed by atoms with Gasteiger partial charge in [-0.1, -0.05) is 0 Å². The Bertz CT molecular complexity index is 417. The van der Waals surface area contributed by atoms with Crippen molar-refractivity contribution in [2.75, 3.05) is 0 Å². The van der Waals surface area contributed by atoms with Crippen LogP contribution in [-0.2, 0) is 0 Å². The molecule has 1 aromatic heterocycles. The van der Waals surface area contributed by atoms with E-state index in [1.165, 1.54) is 0 Å². The van der Waals surface area contributed by atoms with Crippen molar-refractivity contribution < 1.29 is 9.36 Å². The van der Waals surface area contributed by atoms with Gasteiger partial charge in [0.1, 0.15) is 5.56 Å². The highest BCUT2D eigenvalue weighted by Crippen LogP contribution is 2.08. The SMILES string of the molecule is Cc1cc[n+](C(C)C)cc1C(=O)NC(C)(C)C. The summed E-state index contributed by atoms with van der Waals surface area (Å²) in [5.74, 6) is -0.00926. The highest BCUT2D eigenvalue weighted by atomic mass is 16.1. The molecule has 94 valence electrons. The van der Waals surface area contributed by atoms with Gasteiger partial charge in [0.2, 0.25) is 0 Å². The molecule has 0 bridgehead atoms. The van der Waals surface area contributed by atoms with Gasteiger partial charge < -0.3 is 5.32 Å². The Morgan fingerprint density at radius 2 is 1.94 bits per heavy atom. The molecule has 0 aromatic carbocycles. The maximum Gasteiger partial charge on any atom is 0.258 e. The van der Waals surface area contributed by atoms with Gasteiger partial charge in [0, 0.05) is 11.6 Å². The summed E-state index contributed by atoms with van der Waals surface area (Å²) < 4.78 is 2.05. The zero-order valence-corrected chi connectivity index (χ0v) is 11.7. The van der Waals surface area contributed by atoms with Gasteiger partial charge >= 0.3 is 0 Å². The molecular formula is C14H23N2O+. The number of hydrogen-bond donors (Lipinski definition) is 1. The van der Waals surface area contributed by atoms with Crippen LogP contribution in [0.15, 0.2) is 18.5 Å². The lowest BCUT2D eigenvalue weighted by molar-refractivity contribution is -0.716. The number of amides is 1. The van der Waals surface area contributed by atoms with Crippen LogP contribution in [0.1, 0.15) is 56.6 Å². The smallest absolute Gasteiger partial charge is 0.258 e. The van der Waals surface area contributed by atoms with Crippen molar-refractivity contribution in [3.05, 3.63) is 29.6 Å². The van der Waals surface area contributed by atoms with Gasteiger partial charge in [-0.25, -0.2) is 4.57 Å². The minimum Gasteiger partial charge on any atom is -0.347 e. The summed E-state index contributed by atoms with van der Waals surface area (Å²) in [5, 5.41) is 2.99. The van der Waals surface area contributed by atoms with E-state index in [1.807, 2.05) is 50.7 Å². The van der Waals surface area contributed by atoms with Gasteiger partial charge in [-0.3, -0.25) is 4.79 Å². The predicted octanol–water partition coefficient (Wildman–Crippen LogP) is 2.39. The topological polar surface area (TPSA) is 33.0 Å². The molecule has 0 radical (unpaired) electrons. The van der Waals surface area contributed by atoms with Gasteiger partial charge in [0.15, 0.2) is 18.4 Å². The van der Waals surface area contributed by atoms with Crippen LogP contribution in [0.4, 0.5) is 0 Å². The van der Waals surface area contributed by atoms with E-state index in [4.69, 9.17) is 0 Å². The fourth-order valence-corrected chi connectivity index (χ4v) is 1.55. The molecule has 1 amide bonds. The molecule has 1 aromatic rings. The maximum atomic E-state index is 12.1. The lowest BCUT2D eigenvalue weighted by atomic mass is 10.1. The number of hydrogen-bond acceptors (Lipinski definition) is 1. The third-order valence-electron chi connectivity index (χ3n) is 2.53. The van der Waals surface area contributed by atoms with Gasteiger partial charge in [-0.05, 0) is 47.1 Å². The fourth-order valence-electron chi connectivity index (χ4n) is 1.55. The summed E-state index contributed by atoms with van der Waals surface area (Å²) in [6, 6.07) is 2.34. The molecule has 1 N–H and O–H groups in total. The van der Waals surface area contributed by atoms with Crippen molar-refractivity contribution in [1.82, 2.24) is 5.32 Å². The number of nitrogens with one attached hydrogen (secondary N) is 1. The molecule has 1 heterocycles. The first-order chi connectivity index (χ1) is 7.70. The molecule has 0 aliphatic rings. The number of aromatic nitrogens is 1. The van der Waals surface area contributed by atoms with Gasteiger partial charge in [0.25, 0.3) is 5.91 Å². The van der Waals surface area contributed by atoms with Crippen molar-refractivity contribution in [1.29, 1.82) is 0 Å². The lowest BCUT2D eigenvalue weighted by Crippen LogP contribution is -2.43. The van der Waals surface area contributed by atoms with Crippen molar-refractivity contribution in [2.24, 2.45) is 0 Å². The Morgan fingerprint density at radius 1 is 1.35 bits per heavy atom. The second kappa shape index (κ2) is 4.86. The number of carbonyl (C=O) groups excluding carboxylic acids is 1. The molecule has 0 spiro atoms. The van der Waals surface area contributed by atoms with Crippen LogP contribution < -0.4 is 9.88 Å². The van der Waals surface area contributed by atoms with Gasteiger partial charge in [-0.2, -0.15) is 0 Å². The highest BCUT2D eigenvalue weighted by Gasteiger charge is 2.20. The first-order valence-electron chi connectivity index (χ1n) is 6.04. The van der Waals surface area contributed by atoms with Crippen molar-refractivity contribution in [2.45, 2.75) is 53.1 Å². The summed E-state index contributed by atoms with van der Waals surface area (Å²) in [6.07, 6.45) is 3.93. The van der Waals surface area contributed by atoms with Crippen molar-refractivity contribution in [3.8, 4) is 0 Å². The van der Waals surface area contributed by atoms with E-state index in [2.05, 4.69) is 19.2 Å². The van der Waals surface area contributed by atoms with Gasteiger partial charge in [-0.15, -0.1) is 0 Å². The summed E-state index contributed by atoms with van der Waals surface area (Å²) >= 11 is 0. The Hall–Kier alpha value is -1.38. The minimum absolute atomic E-state index is 0.00926. The largest absolute Gasteiger partial charge is 0.347 e. The van der Waals surface area contributed by atoms with Crippen LogP contribution in [0.3, 0.4) is 0 Å². The van der Waals surface area contributed by atoms with Crippen LogP contribution >= 0.6 is 0 Å². The van der Waals surface area contributed by atoms with E-state index in [-0.39, 0.29) is 11.4 Å². The normalized spacial score (nSPS) is 11.7. The number of nitrogens with zero attached hydrogens (tertiary/aromatic N) is 1. The van der Waals surface area contributed by atoms with Crippen LogP contribution in [-0.4, -0.2) is 11.4 Å². The van der Waals surface area contributed by atoms with Crippen LogP contribution in [0.2, 0.25) is 0 Å². The molecule has 0 fully saturated rings. The standard InChI is InChI=1S/C14H22N2O/c1-10(2)16-8-7-11(3)12(9-16)13(17)15-14(4,5)6/h7-10H,1-6H3/p+1. The number of pyridine rings is 1. The van der Waals surface area contributed by atoms with E-state index >= 15 is 0 Å². The van der Waals surface area contributed by atoms with E-state index in [0.717, 1.165) is 11.1 Å². The molecule has 0 unspecified atom stereocenters. The molecule has 0 saturated carbocycles. The molecule has 3 nitrogen and oxygen atoms in total. The first kappa shape index (κ1) is 13.7. The first-order valence-corrected chi connectivity index (χ1v) is 6.04. The molecule has 0 aliphatic carbocycles. The molecule has 0 aliphatic heterocycles. The van der Waals surface area contributed by atoms with Crippen molar-refractivity contribution >= 4 is 5.91 Å². The average Bonchev–Trinajstić information content (AvgIpc) is 2.14. The summed E-state index contributed by atoms with van der Waals surface area (Å²) in [5.41, 5.74) is 1.54. The quantitative estimate of drug-likeness (QED) is 0.784. The van der Waals surface area contributed by atoms with E-state index in [0.29, 0.717) is 6.04 Å². The fraction of sp³-hybridized carbons (Fsp3) is 0.571. The lowest BCUT2D eigenvalue weighted by Gasteiger charge is -2.20. The predicted molar refractivity (Wildman–Crippen MR) is 69.0 cm³/mol. The minimum atomic E-state index is -0.206. The van der Waals surface area contributed by atoms with Crippen LogP contribution in [0.25, 0.3) is 0 Å². The second-order valence-electron chi connectivity index (χ2n) is 5.79. The summed E-state index contributed by atoms with van der Waals surface area (Å²) in [7, 11) is 0. The van der Waals surface area contributed by atoms with Crippen molar-refractivity contribution in [3.63, 3.8) is 0 Å². The molecule has 3 heteroatoms. The third-order valence-corrected chi connectivity index (χ3v) is 2.53. The zero-order valence-electron chi connectivity index (χ0n) is 11.7. The highest BCUT2D eigenvalue weighted by molar-refractivity contribution is 5.95. The Balaban J connectivity index is 3.04.